The Morgan fingerprint density at radius 1 is 0.592 bits per heavy atom. The van der Waals surface area contributed by atoms with Crippen LogP contribution >= 0.6 is 11.3 Å². The Morgan fingerprint density at radius 3 is 1.37 bits per heavy atom. The third-order valence-electron chi connectivity index (χ3n) is 13.1. The summed E-state index contributed by atoms with van der Waals surface area (Å²) in [6.45, 7) is 16.1. The fourth-order valence-corrected chi connectivity index (χ4v) is 9.07. The predicted molar refractivity (Wildman–Crippen MR) is 270 cm³/mol. The van der Waals surface area contributed by atoms with Crippen molar-refractivity contribution in [3.05, 3.63) is 147 Å². The molecule has 0 fully saturated rings. The number of aryl methyl sites for hydroxylation is 2. The lowest BCUT2D eigenvalue weighted by atomic mass is 9.70. The number of nitrogens with zero attached hydrogens (tertiary/aromatic N) is 8. The van der Waals surface area contributed by atoms with Crippen molar-refractivity contribution in [3.63, 3.8) is 0 Å². The van der Waals surface area contributed by atoms with Gasteiger partial charge in [0.05, 0.1) is 22.2 Å². The predicted octanol–water partition coefficient (Wildman–Crippen LogP) is 10.2. The first-order chi connectivity index (χ1) is 33.8. The molecular weight excluding hydrogens is 919 g/mol. The molecule has 3 amide bonds. The molecule has 0 saturated heterocycles. The van der Waals surface area contributed by atoms with Crippen LogP contribution in [0.15, 0.2) is 103 Å². The van der Waals surface area contributed by atoms with Crippen LogP contribution in [0.4, 0.5) is 5.13 Å². The van der Waals surface area contributed by atoms with Gasteiger partial charge in [0.1, 0.15) is 5.51 Å². The first kappa shape index (κ1) is 49.5. The lowest BCUT2D eigenvalue weighted by Gasteiger charge is -2.37. The zero-order valence-electron chi connectivity index (χ0n) is 41.3. The molecule has 0 radical (unpaired) electrons. The lowest BCUT2D eigenvalue weighted by molar-refractivity contribution is -0.147. The van der Waals surface area contributed by atoms with Crippen molar-refractivity contribution < 1.29 is 33.8 Å². The van der Waals surface area contributed by atoms with Gasteiger partial charge in [-0.15, -0.1) is 10.2 Å². The van der Waals surface area contributed by atoms with Gasteiger partial charge in [-0.3, -0.25) is 19.2 Å². The minimum atomic E-state index is -1.10. The standard InChI is InChI=1S/C28H28N6O3S.C26H27N3O4/c1-6-34(5)25(35)18-10-8-17(9-11-18)21-14-13-20-22(28(3,4)26(36)32-27-33-29-15-38-27)19-12-7-16(2)30-23(19)37-24(20)31-21;1-6-29(5)24(30)17-10-8-16(9-11-17)20-14-13-19-21(26(3,4)25(31)32)18-12-7-15(2)27-22(18)33-23(19)28-20/h7-15,22H,6H2,1-5H3,(H,32,33,36);7-14,21H,6H2,1-5H3,(H,31,32). The number of nitrogens with one attached hydrogen (secondary N) is 1. The molecule has 0 bridgehead atoms. The number of benzene rings is 2. The van der Waals surface area contributed by atoms with E-state index in [4.69, 9.17) is 19.4 Å². The number of aromatic nitrogens is 6. The van der Waals surface area contributed by atoms with E-state index in [2.05, 4.69) is 25.5 Å². The van der Waals surface area contributed by atoms with Gasteiger partial charge < -0.3 is 29.7 Å². The molecule has 0 aliphatic carbocycles. The normalized spacial score (nSPS) is 14.4. The molecule has 2 aromatic carbocycles. The average molecular weight is 974 g/mol. The highest BCUT2D eigenvalue weighted by Gasteiger charge is 2.46. The summed E-state index contributed by atoms with van der Waals surface area (Å²) in [4.78, 5) is 72.4. The maximum atomic E-state index is 13.5. The summed E-state index contributed by atoms with van der Waals surface area (Å²) in [7, 11) is 3.54. The number of ether oxygens (including phenoxy) is 2. The second-order valence-corrected chi connectivity index (χ2v) is 19.5. The molecule has 2 N–H and O–H groups in total. The summed E-state index contributed by atoms with van der Waals surface area (Å²) >= 11 is 1.26. The van der Waals surface area contributed by atoms with Crippen LogP contribution in [0.5, 0.6) is 23.5 Å². The number of carboxylic acid groups (broad SMARTS) is 1. The molecule has 2 aliphatic rings. The van der Waals surface area contributed by atoms with Crippen LogP contribution in [0.2, 0.25) is 0 Å². The number of anilines is 1. The van der Waals surface area contributed by atoms with Crippen molar-refractivity contribution in [2.75, 3.05) is 32.5 Å². The number of carboxylic acids is 1. The zero-order valence-corrected chi connectivity index (χ0v) is 42.1. The van der Waals surface area contributed by atoms with Gasteiger partial charge in [-0.2, -0.15) is 0 Å². The van der Waals surface area contributed by atoms with Crippen molar-refractivity contribution in [2.24, 2.45) is 10.8 Å². The Balaban J connectivity index is 0.000000192. The number of carbonyl (C=O) groups is 4. The minimum Gasteiger partial charge on any atom is -0.481 e. The number of amides is 3. The Bertz CT molecular complexity index is 3160. The molecule has 2 aliphatic heterocycles. The molecule has 16 nitrogen and oxygen atoms in total. The average Bonchev–Trinajstić information content (AvgIpc) is 3.89. The van der Waals surface area contributed by atoms with Gasteiger partial charge in [-0.05, 0) is 90.1 Å². The second-order valence-electron chi connectivity index (χ2n) is 18.7. The highest BCUT2D eigenvalue weighted by Crippen LogP contribution is 2.53. The van der Waals surface area contributed by atoms with Crippen LogP contribution in [-0.2, 0) is 9.59 Å². The molecule has 9 rings (SSSR count). The van der Waals surface area contributed by atoms with E-state index < -0.39 is 22.7 Å². The first-order valence-electron chi connectivity index (χ1n) is 23.2. The summed E-state index contributed by atoms with van der Waals surface area (Å²) in [6.07, 6.45) is 0. The number of carbonyl (C=O) groups excluding carboxylic acids is 3. The fraction of sp³-hybridized carbons (Fsp3) is 0.296. The molecule has 364 valence electrons. The number of rotatable bonds is 11. The summed E-state index contributed by atoms with van der Waals surface area (Å²) in [5.41, 5.74) is 8.46. The van der Waals surface area contributed by atoms with Gasteiger partial charge in [0.2, 0.25) is 34.6 Å². The number of fused-ring (bicyclic) bond motifs is 4. The molecule has 2 unspecified atom stereocenters. The van der Waals surface area contributed by atoms with Crippen molar-refractivity contribution in [1.29, 1.82) is 0 Å². The number of aliphatic carboxylic acids is 1. The van der Waals surface area contributed by atoms with E-state index in [0.717, 1.165) is 39.2 Å². The van der Waals surface area contributed by atoms with Gasteiger partial charge in [-0.25, -0.2) is 19.9 Å². The number of hydrogen-bond donors (Lipinski definition) is 2. The maximum Gasteiger partial charge on any atom is 0.310 e. The number of pyridine rings is 4. The summed E-state index contributed by atoms with van der Waals surface area (Å²) in [6, 6.07) is 29.8. The largest absolute Gasteiger partial charge is 0.481 e. The third kappa shape index (κ3) is 9.82. The molecule has 17 heteroatoms. The van der Waals surface area contributed by atoms with Crippen LogP contribution in [0, 0.1) is 24.7 Å². The molecule has 5 aromatic heterocycles. The van der Waals surface area contributed by atoms with Crippen molar-refractivity contribution in [3.8, 4) is 46.0 Å². The smallest absolute Gasteiger partial charge is 0.310 e. The topological polar surface area (TPSA) is 203 Å². The molecule has 0 spiro atoms. The lowest BCUT2D eigenvalue weighted by Crippen LogP contribution is -2.38. The summed E-state index contributed by atoms with van der Waals surface area (Å²) in [5, 5.41) is 21.0. The molecule has 2 atom stereocenters. The van der Waals surface area contributed by atoms with E-state index in [1.165, 1.54) is 11.3 Å². The summed E-state index contributed by atoms with van der Waals surface area (Å²) in [5.74, 6) is -0.431. The van der Waals surface area contributed by atoms with Gasteiger partial charge in [-0.1, -0.05) is 73.7 Å². The Kier molecular flexibility index (Phi) is 13.8. The van der Waals surface area contributed by atoms with Gasteiger partial charge in [0, 0.05) is 94.9 Å². The SMILES string of the molecule is CCN(C)C(=O)c1ccc(-c2ccc3c(n2)Oc2nc(C)ccc2C3C(C)(C)C(=O)Nc2nncs2)cc1.CCN(C)C(=O)c1ccc(-c2ccc3c(n2)Oc2nc(C)ccc2C3C(C)(C)C(=O)O)cc1. The van der Waals surface area contributed by atoms with Crippen LogP contribution in [0.1, 0.15) is 108 Å². The molecular formula is C54H55N9O7S. The Hall–Kier alpha value is -7.92. The molecule has 7 aromatic rings. The Morgan fingerprint density at radius 2 is 0.986 bits per heavy atom. The van der Waals surface area contributed by atoms with Crippen LogP contribution in [0.25, 0.3) is 22.5 Å². The van der Waals surface area contributed by atoms with Crippen molar-refractivity contribution in [2.45, 2.75) is 67.2 Å². The van der Waals surface area contributed by atoms with Crippen LogP contribution < -0.4 is 14.8 Å². The fourth-order valence-electron chi connectivity index (χ4n) is 8.63. The van der Waals surface area contributed by atoms with Gasteiger partial charge in [0.15, 0.2) is 0 Å². The molecule has 0 saturated carbocycles. The van der Waals surface area contributed by atoms with Crippen molar-refractivity contribution in [1.82, 2.24) is 39.9 Å². The quantitative estimate of drug-likeness (QED) is 0.124. The van der Waals surface area contributed by atoms with E-state index in [0.29, 0.717) is 69.8 Å². The minimum absolute atomic E-state index is 0.0317. The van der Waals surface area contributed by atoms with E-state index >= 15 is 0 Å². The second kappa shape index (κ2) is 19.8. The third-order valence-corrected chi connectivity index (χ3v) is 13.7. The van der Waals surface area contributed by atoms with E-state index in [1.807, 2.05) is 114 Å². The Labute approximate surface area is 416 Å². The van der Waals surface area contributed by atoms with E-state index in [9.17, 15) is 24.3 Å². The summed E-state index contributed by atoms with van der Waals surface area (Å²) < 4.78 is 12.3. The van der Waals surface area contributed by atoms with Gasteiger partial charge in [0.25, 0.3) is 11.8 Å². The molecule has 7 heterocycles. The van der Waals surface area contributed by atoms with Crippen LogP contribution in [0.3, 0.4) is 0 Å². The van der Waals surface area contributed by atoms with E-state index in [1.54, 1.807) is 67.5 Å². The zero-order chi connectivity index (χ0) is 50.9. The van der Waals surface area contributed by atoms with Gasteiger partial charge >= 0.3 is 5.97 Å². The van der Waals surface area contributed by atoms with Crippen molar-refractivity contribution >= 4 is 40.2 Å². The molecule has 71 heavy (non-hydrogen) atoms. The first-order valence-corrected chi connectivity index (χ1v) is 24.1. The monoisotopic (exact) mass is 973 g/mol. The van der Waals surface area contributed by atoms with Crippen LogP contribution in [-0.4, -0.2) is 95.9 Å². The van der Waals surface area contributed by atoms with E-state index in [-0.39, 0.29) is 23.6 Å². The maximum absolute atomic E-state index is 13.5. The highest BCUT2D eigenvalue weighted by atomic mass is 32.1. The number of hydrogen-bond acceptors (Lipinski definition) is 13. The highest BCUT2D eigenvalue weighted by molar-refractivity contribution is 7.13.